The minimum absolute atomic E-state index is 0.0221. The van der Waals surface area contributed by atoms with Crippen LogP contribution in [0, 0.1) is 11.2 Å². The molecule has 0 aliphatic carbocycles. The Labute approximate surface area is 107 Å². The van der Waals surface area contributed by atoms with Gasteiger partial charge < -0.3 is 10.5 Å². The van der Waals surface area contributed by atoms with Crippen molar-refractivity contribution in [1.82, 2.24) is 0 Å². The molecule has 0 saturated carbocycles. The maximum absolute atomic E-state index is 13.5. The van der Waals surface area contributed by atoms with E-state index < -0.39 is 5.82 Å². The van der Waals surface area contributed by atoms with Crippen LogP contribution in [-0.2, 0) is 0 Å². The van der Waals surface area contributed by atoms with Crippen molar-refractivity contribution >= 4 is 17.2 Å². The van der Waals surface area contributed by atoms with Gasteiger partial charge >= 0.3 is 0 Å². The summed E-state index contributed by atoms with van der Waals surface area (Å²) in [5.74, 6) is -0.0208. The lowest BCUT2D eigenvalue weighted by atomic mass is 9.93. The third-order valence-electron chi connectivity index (χ3n) is 2.33. The lowest BCUT2D eigenvalue weighted by molar-refractivity contribution is 0.242. The van der Waals surface area contributed by atoms with Crippen LogP contribution >= 0.6 is 12.2 Å². The molecule has 0 unspecified atom stereocenters. The molecule has 1 aromatic rings. The highest BCUT2D eigenvalue weighted by Gasteiger charge is 2.14. The van der Waals surface area contributed by atoms with E-state index in [2.05, 4.69) is 20.8 Å². The molecule has 2 nitrogen and oxygen atoms in total. The van der Waals surface area contributed by atoms with Gasteiger partial charge in [0, 0.05) is 0 Å². The van der Waals surface area contributed by atoms with Crippen molar-refractivity contribution < 1.29 is 9.13 Å². The summed E-state index contributed by atoms with van der Waals surface area (Å²) in [6.45, 7) is 6.88. The molecule has 0 saturated heterocycles. The summed E-state index contributed by atoms with van der Waals surface area (Å²) < 4.78 is 19.1. The van der Waals surface area contributed by atoms with Crippen LogP contribution in [0.15, 0.2) is 18.2 Å². The molecule has 1 aromatic carbocycles. The van der Waals surface area contributed by atoms with Gasteiger partial charge in [0.1, 0.15) is 16.6 Å². The van der Waals surface area contributed by atoms with Gasteiger partial charge in [-0.3, -0.25) is 0 Å². The average Bonchev–Trinajstić information content (AvgIpc) is 2.14. The fraction of sp³-hybridized carbons (Fsp3) is 0.462. The maximum Gasteiger partial charge on any atom is 0.137 e. The summed E-state index contributed by atoms with van der Waals surface area (Å²) in [6, 6.07) is 4.59. The Morgan fingerprint density at radius 2 is 2.06 bits per heavy atom. The second-order valence-corrected chi connectivity index (χ2v) is 5.58. The van der Waals surface area contributed by atoms with E-state index in [9.17, 15) is 4.39 Å². The maximum atomic E-state index is 13.5. The molecule has 2 N–H and O–H groups in total. The molecule has 94 valence electrons. The van der Waals surface area contributed by atoms with Crippen molar-refractivity contribution in [2.75, 3.05) is 6.61 Å². The number of benzene rings is 1. The summed E-state index contributed by atoms with van der Waals surface area (Å²) in [5.41, 5.74) is 5.85. The highest BCUT2D eigenvalue weighted by atomic mass is 32.1. The standard InChI is InChI=1S/C13H18FNOS/c1-13(2,3)7-8-16-10-6-4-5-9(14)11(10)12(15)17/h4-6H,7-8H2,1-3H3,(H2,15,17). The molecule has 0 aliphatic heterocycles. The predicted octanol–water partition coefficient (Wildman–Crippen LogP) is 3.27. The smallest absolute Gasteiger partial charge is 0.137 e. The van der Waals surface area contributed by atoms with Gasteiger partial charge in [0.25, 0.3) is 0 Å². The Balaban J connectivity index is 2.78. The Morgan fingerprint density at radius 1 is 1.41 bits per heavy atom. The lowest BCUT2D eigenvalue weighted by Gasteiger charge is -2.19. The quantitative estimate of drug-likeness (QED) is 0.839. The summed E-state index contributed by atoms with van der Waals surface area (Å²) >= 11 is 4.82. The van der Waals surface area contributed by atoms with Crippen LogP contribution in [0.25, 0.3) is 0 Å². The van der Waals surface area contributed by atoms with Gasteiger partial charge in [-0.1, -0.05) is 39.1 Å². The molecule has 0 radical (unpaired) electrons. The molecule has 17 heavy (non-hydrogen) atoms. The van der Waals surface area contributed by atoms with E-state index in [-0.39, 0.29) is 16.0 Å². The summed E-state index contributed by atoms with van der Waals surface area (Å²) in [5, 5.41) is 0. The number of hydrogen-bond acceptors (Lipinski definition) is 2. The number of nitrogens with two attached hydrogens (primary N) is 1. The monoisotopic (exact) mass is 255 g/mol. The van der Waals surface area contributed by atoms with Crippen molar-refractivity contribution in [3.05, 3.63) is 29.6 Å². The van der Waals surface area contributed by atoms with E-state index in [0.717, 1.165) is 6.42 Å². The minimum atomic E-state index is -0.439. The van der Waals surface area contributed by atoms with Gasteiger partial charge in [-0.25, -0.2) is 4.39 Å². The molecule has 0 fully saturated rings. The van der Waals surface area contributed by atoms with E-state index in [4.69, 9.17) is 22.7 Å². The average molecular weight is 255 g/mol. The van der Waals surface area contributed by atoms with Crippen LogP contribution < -0.4 is 10.5 Å². The number of rotatable bonds is 4. The predicted molar refractivity (Wildman–Crippen MR) is 71.9 cm³/mol. The molecule has 0 amide bonds. The molecular weight excluding hydrogens is 237 g/mol. The molecular formula is C13H18FNOS. The number of ether oxygens (including phenoxy) is 1. The van der Waals surface area contributed by atoms with Gasteiger partial charge in [-0.15, -0.1) is 0 Å². The van der Waals surface area contributed by atoms with Crippen molar-refractivity contribution in [1.29, 1.82) is 0 Å². The zero-order valence-corrected chi connectivity index (χ0v) is 11.2. The molecule has 0 aromatic heterocycles. The Kier molecular flexibility index (Phi) is 4.46. The van der Waals surface area contributed by atoms with Gasteiger partial charge in [-0.05, 0) is 24.0 Å². The van der Waals surface area contributed by atoms with Gasteiger partial charge in [-0.2, -0.15) is 0 Å². The normalized spacial score (nSPS) is 11.3. The van der Waals surface area contributed by atoms with Gasteiger partial charge in [0.2, 0.25) is 0 Å². The molecule has 0 spiro atoms. The fourth-order valence-electron chi connectivity index (χ4n) is 1.33. The first-order chi connectivity index (χ1) is 7.81. The number of thiocarbonyl (C=S) groups is 1. The Hall–Kier alpha value is -1.16. The Bertz CT molecular complexity index is 412. The third kappa shape index (κ3) is 4.30. The van der Waals surface area contributed by atoms with Gasteiger partial charge in [0.15, 0.2) is 0 Å². The molecule has 0 aliphatic rings. The second kappa shape index (κ2) is 5.45. The zero-order chi connectivity index (χ0) is 13.1. The van der Waals surface area contributed by atoms with Crippen LogP contribution in [0.4, 0.5) is 4.39 Å². The fourth-order valence-corrected chi connectivity index (χ4v) is 1.53. The zero-order valence-electron chi connectivity index (χ0n) is 10.4. The molecule has 1 rings (SSSR count). The van der Waals surface area contributed by atoms with Crippen molar-refractivity contribution in [2.24, 2.45) is 11.1 Å². The number of halogens is 1. The van der Waals surface area contributed by atoms with Crippen LogP contribution in [0.5, 0.6) is 5.75 Å². The molecule has 0 atom stereocenters. The van der Waals surface area contributed by atoms with E-state index in [1.54, 1.807) is 12.1 Å². The van der Waals surface area contributed by atoms with E-state index >= 15 is 0 Å². The summed E-state index contributed by atoms with van der Waals surface area (Å²) in [6.07, 6.45) is 0.875. The molecule has 0 heterocycles. The van der Waals surface area contributed by atoms with Crippen LogP contribution in [0.2, 0.25) is 0 Å². The summed E-state index contributed by atoms with van der Waals surface area (Å²) in [7, 11) is 0. The van der Waals surface area contributed by atoms with Gasteiger partial charge in [0.05, 0.1) is 12.2 Å². The largest absolute Gasteiger partial charge is 0.493 e. The first kappa shape index (κ1) is 13.9. The van der Waals surface area contributed by atoms with E-state index in [0.29, 0.717) is 12.4 Å². The highest BCUT2D eigenvalue weighted by Crippen LogP contribution is 2.23. The SMILES string of the molecule is CC(C)(C)CCOc1cccc(F)c1C(N)=S. The summed E-state index contributed by atoms with van der Waals surface area (Å²) in [4.78, 5) is 0.0221. The van der Waals surface area contributed by atoms with Crippen LogP contribution in [-0.4, -0.2) is 11.6 Å². The topological polar surface area (TPSA) is 35.2 Å². The van der Waals surface area contributed by atoms with Crippen LogP contribution in [0.3, 0.4) is 0 Å². The number of hydrogen-bond donors (Lipinski definition) is 1. The van der Waals surface area contributed by atoms with Crippen LogP contribution in [0.1, 0.15) is 32.8 Å². The van der Waals surface area contributed by atoms with Crippen molar-refractivity contribution in [3.63, 3.8) is 0 Å². The van der Waals surface area contributed by atoms with Crippen molar-refractivity contribution in [3.8, 4) is 5.75 Å². The van der Waals surface area contributed by atoms with E-state index in [1.165, 1.54) is 6.07 Å². The molecule has 0 bridgehead atoms. The minimum Gasteiger partial charge on any atom is -0.493 e. The second-order valence-electron chi connectivity index (χ2n) is 5.14. The molecule has 4 heteroatoms. The van der Waals surface area contributed by atoms with E-state index in [1.807, 2.05) is 0 Å². The third-order valence-corrected chi connectivity index (χ3v) is 2.54. The highest BCUT2D eigenvalue weighted by molar-refractivity contribution is 7.80. The first-order valence-corrected chi connectivity index (χ1v) is 5.93. The van der Waals surface area contributed by atoms with Crippen molar-refractivity contribution in [2.45, 2.75) is 27.2 Å². The first-order valence-electron chi connectivity index (χ1n) is 5.52. The Morgan fingerprint density at radius 3 is 2.59 bits per heavy atom. The lowest BCUT2D eigenvalue weighted by Crippen LogP contribution is -2.16.